The van der Waals surface area contributed by atoms with Gasteiger partial charge in [0.1, 0.15) is 11.3 Å². The van der Waals surface area contributed by atoms with Gasteiger partial charge in [0.05, 0.1) is 11.4 Å². The third kappa shape index (κ3) is 3.21. The van der Waals surface area contributed by atoms with Crippen molar-refractivity contribution in [1.82, 2.24) is 14.4 Å². The number of benzene rings is 1. The van der Waals surface area contributed by atoms with Crippen LogP contribution in [0.2, 0.25) is 0 Å². The lowest BCUT2D eigenvalue weighted by atomic mass is 10.0. The minimum absolute atomic E-state index is 0.894. The van der Waals surface area contributed by atoms with Gasteiger partial charge >= 0.3 is 0 Å². The van der Waals surface area contributed by atoms with Crippen molar-refractivity contribution in [3.8, 4) is 22.6 Å². The molecule has 1 aliphatic rings. The maximum absolute atomic E-state index is 4.92. The quantitative estimate of drug-likeness (QED) is 0.518. The second-order valence-electron chi connectivity index (χ2n) is 7.35. The van der Waals surface area contributed by atoms with Crippen molar-refractivity contribution in [2.24, 2.45) is 0 Å². The molecule has 0 N–H and O–H groups in total. The fourth-order valence-electron chi connectivity index (χ4n) is 3.78. The van der Waals surface area contributed by atoms with Gasteiger partial charge in [0.2, 0.25) is 0 Å². The summed E-state index contributed by atoms with van der Waals surface area (Å²) in [7, 11) is 0. The number of rotatable bonds is 2. The van der Waals surface area contributed by atoms with E-state index in [0.717, 1.165) is 34.0 Å². The van der Waals surface area contributed by atoms with Gasteiger partial charge in [0, 0.05) is 17.5 Å². The highest BCUT2D eigenvalue weighted by Crippen LogP contribution is 2.31. The van der Waals surface area contributed by atoms with Crippen molar-refractivity contribution >= 4 is 17.8 Å². The molecule has 1 aliphatic carbocycles. The molecule has 0 saturated heterocycles. The largest absolute Gasteiger partial charge is 0.299 e. The number of aromatic nitrogens is 3. The van der Waals surface area contributed by atoms with Gasteiger partial charge in [0.25, 0.3) is 0 Å². The fraction of sp³-hybridized carbons (Fsp3) is 0.0769. The van der Waals surface area contributed by atoms with Gasteiger partial charge in [-0.05, 0) is 54.6 Å². The van der Waals surface area contributed by atoms with Crippen molar-refractivity contribution in [3.63, 3.8) is 0 Å². The molecule has 3 heterocycles. The number of imidazole rings is 1. The molecule has 3 nitrogen and oxygen atoms in total. The molecule has 4 aromatic rings. The Balaban J connectivity index is 1.82. The van der Waals surface area contributed by atoms with Gasteiger partial charge in [-0.3, -0.25) is 9.38 Å². The van der Waals surface area contributed by atoms with Gasteiger partial charge in [-0.25, -0.2) is 4.98 Å². The monoisotopic (exact) mass is 375 g/mol. The molecule has 1 aromatic carbocycles. The van der Waals surface area contributed by atoms with Gasteiger partial charge < -0.3 is 0 Å². The molecular weight excluding hydrogens is 354 g/mol. The Labute approximate surface area is 169 Å². The molecule has 0 amide bonds. The number of aryl methyl sites for hydroxylation is 1. The van der Waals surface area contributed by atoms with Crippen LogP contribution in [-0.4, -0.2) is 14.4 Å². The number of hydrogen-bond acceptors (Lipinski definition) is 2. The first-order valence-corrected chi connectivity index (χ1v) is 9.78. The summed E-state index contributed by atoms with van der Waals surface area (Å²) in [5, 5.41) is 2.41. The van der Waals surface area contributed by atoms with Crippen LogP contribution in [0.5, 0.6) is 0 Å². The van der Waals surface area contributed by atoms with Crippen LogP contribution in [0, 0.1) is 6.92 Å². The molecule has 0 spiro atoms. The van der Waals surface area contributed by atoms with E-state index >= 15 is 0 Å². The van der Waals surface area contributed by atoms with Crippen LogP contribution in [0.4, 0.5) is 0 Å². The van der Waals surface area contributed by atoms with Gasteiger partial charge in [-0.15, -0.1) is 0 Å². The van der Waals surface area contributed by atoms with E-state index in [1.165, 1.54) is 16.0 Å². The molecule has 0 fully saturated rings. The summed E-state index contributed by atoms with van der Waals surface area (Å²) < 4.78 is 2.15. The number of hydrogen-bond donors (Lipinski definition) is 0. The van der Waals surface area contributed by atoms with Crippen LogP contribution in [0.1, 0.15) is 12.6 Å². The van der Waals surface area contributed by atoms with Gasteiger partial charge in [0.15, 0.2) is 0 Å². The normalized spacial score (nSPS) is 18.3. The Bertz CT molecular complexity index is 1420. The average Bonchev–Trinajstić information content (AvgIpc) is 3.10. The average molecular weight is 375 g/mol. The minimum Gasteiger partial charge on any atom is -0.299 e. The van der Waals surface area contributed by atoms with Crippen LogP contribution >= 0.6 is 0 Å². The first kappa shape index (κ1) is 17.4. The summed E-state index contributed by atoms with van der Waals surface area (Å²) in [5.41, 5.74) is 7.12. The fourth-order valence-corrected chi connectivity index (χ4v) is 3.78. The van der Waals surface area contributed by atoms with Crippen LogP contribution in [0.15, 0.2) is 84.6 Å². The maximum atomic E-state index is 4.92. The number of fused-ring (bicyclic) bond motifs is 2. The van der Waals surface area contributed by atoms with E-state index in [1.54, 1.807) is 0 Å². The third-order valence-electron chi connectivity index (χ3n) is 5.15. The summed E-state index contributed by atoms with van der Waals surface area (Å²) >= 11 is 0. The smallest absolute Gasteiger partial charge is 0.138 e. The molecule has 0 bridgehead atoms. The van der Waals surface area contributed by atoms with E-state index in [4.69, 9.17) is 9.97 Å². The number of nitrogens with zero attached hydrogens (tertiary/aromatic N) is 3. The van der Waals surface area contributed by atoms with Crippen molar-refractivity contribution in [2.45, 2.75) is 13.8 Å². The summed E-state index contributed by atoms with van der Waals surface area (Å²) in [6.45, 7) is 4.14. The van der Waals surface area contributed by atoms with E-state index in [-0.39, 0.29) is 0 Å². The molecule has 0 radical (unpaired) electrons. The summed E-state index contributed by atoms with van der Waals surface area (Å²) in [4.78, 5) is 9.66. The molecular formula is C26H21N3. The number of allylic oxidation sites excluding steroid dienone is 4. The predicted molar refractivity (Wildman–Crippen MR) is 120 cm³/mol. The lowest BCUT2D eigenvalue weighted by molar-refractivity contribution is 1.18. The lowest BCUT2D eigenvalue weighted by Gasteiger charge is -2.07. The van der Waals surface area contributed by atoms with Crippen LogP contribution < -0.4 is 10.4 Å². The van der Waals surface area contributed by atoms with Crippen molar-refractivity contribution in [2.75, 3.05) is 0 Å². The van der Waals surface area contributed by atoms with Gasteiger partial charge in [-0.2, -0.15) is 0 Å². The molecule has 5 rings (SSSR count). The highest BCUT2D eigenvalue weighted by atomic mass is 15.0. The number of pyridine rings is 2. The molecule has 29 heavy (non-hydrogen) atoms. The molecule has 0 aliphatic heterocycles. The highest BCUT2D eigenvalue weighted by Gasteiger charge is 2.17. The molecule has 3 heteroatoms. The standard InChI is InChI=1S/C26H21N3/c1-18-8-3-4-10-20-13-14-21(17-22(20)16-18)26-25(23-11-7-9-19(2)27-23)28-24-12-5-6-15-29(24)26/h3-17H,1-2H3/b4-3+,8-3?,10-4?,18-8-,18-16?,20-10+,22-16-. The van der Waals surface area contributed by atoms with Crippen molar-refractivity contribution in [3.05, 3.63) is 101 Å². The SMILES string of the molecule is CC1=C/C=C/C=c2\ccc(-c3c(-c4cccc(C)n4)nc4ccccn34)c\c2=C\1. The van der Waals surface area contributed by atoms with Crippen LogP contribution in [-0.2, 0) is 0 Å². The van der Waals surface area contributed by atoms with E-state index in [0.29, 0.717) is 0 Å². The van der Waals surface area contributed by atoms with Crippen LogP contribution in [0.3, 0.4) is 0 Å². The van der Waals surface area contributed by atoms with E-state index in [9.17, 15) is 0 Å². The summed E-state index contributed by atoms with van der Waals surface area (Å²) in [6.07, 6.45) is 12.7. The maximum Gasteiger partial charge on any atom is 0.138 e. The molecule has 140 valence electrons. The zero-order chi connectivity index (χ0) is 19.8. The Hall–Kier alpha value is -3.72. The summed E-state index contributed by atoms with van der Waals surface area (Å²) in [6, 6.07) is 18.8. The van der Waals surface area contributed by atoms with Gasteiger partial charge in [-0.1, -0.05) is 60.2 Å². The minimum atomic E-state index is 0.894. The molecule has 0 atom stereocenters. The van der Waals surface area contributed by atoms with Crippen LogP contribution in [0.25, 0.3) is 40.4 Å². The van der Waals surface area contributed by atoms with E-state index < -0.39 is 0 Å². The Morgan fingerprint density at radius 3 is 2.59 bits per heavy atom. The molecule has 0 unspecified atom stereocenters. The second-order valence-corrected chi connectivity index (χ2v) is 7.35. The first-order chi connectivity index (χ1) is 14.2. The van der Waals surface area contributed by atoms with Crippen molar-refractivity contribution in [1.29, 1.82) is 0 Å². The zero-order valence-corrected chi connectivity index (χ0v) is 16.5. The highest BCUT2D eigenvalue weighted by molar-refractivity contribution is 5.81. The predicted octanol–water partition coefficient (Wildman–Crippen LogP) is 4.45. The topological polar surface area (TPSA) is 30.2 Å². The third-order valence-corrected chi connectivity index (χ3v) is 5.15. The van der Waals surface area contributed by atoms with Crippen molar-refractivity contribution < 1.29 is 0 Å². The second kappa shape index (κ2) is 7.02. The first-order valence-electron chi connectivity index (χ1n) is 9.78. The zero-order valence-electron chi connectivity index (χ0n) is 16.5. The lowest BCUT2D eigenvalue weighted by Crippen LogP contribution is -2.24. The summed E-state index contributed by atoms with van der Waals surface area (Å²) in [5.74, 6) is 0. The van der Waals surface area contributed by atoms with E-state index in [2.05, 4.69) is 66.1 Å². The Morgan fingerprint density at radius 2 is 1.69 bits per heavy atom. The molecule has 0 saturated carbocycles. The van der Waals surface area contributed by atoms with E-state index in [1.807, 2.05) is 43.3 Å². The Morgan fingerprint density at radius 1 is 0.793 bits per heavy atom. The molecule has 3 aromatic heterocycles. The Kier molecular flexibility index (Phi) is 4.21.